The Morgan fingerprint density at radius 3 is 2.62 bits per heavy atom. The average molecular weight is 483 g/mol. The van der Waals surface area contributed by atoms with Crippen LogP contribution in [0.5, 0.6) is 0 Å². The SMILES string of the molecule is CCOC(=O)Cc1csc(NC(=O)CN2CCN(CCn3ccnc3-c3ccccc3)CC2)n1. The zero-order chi connectivity index (χ0) is 23.8. The minimum absolute atomic E-state index is 0.0867. The van der Waals surface area contributed by atoms with Gasteiger partial charge in [0.25, 0.3) is 0 Å². The van der Waals surface area contributed by atoms with Crippen LogP contribution >= 0.6 is 11.3 Å². The van der Waals surface area contributed by atoms with Crippen LogP contribution in [-0.4, -0.2) is 82.1 Å². The summed E-state index contributed by atoms with van der Waals surface area (Å²) in [7, 11) is 0. The second-order valence-electron chi connectivity index (χ2n) is 8.10. The van der Waals surface area contributed by atoms with Crippen molar-refractivity contribution >= 4 is 28.3 Å². The number of esters is 1. The zero-order valence-corrected chi connectivity index (χ0v) is 20.2. The van der Waals surface area contributed by atoms with E-state index in [1.807, 2.05) is 30.6 Å². The van der Waals surface area contributed by atoms with Gasteiger partial charge >= 0.3 is 5.97 Å². The van der Waals surface area contributed by atoms with Crippen molar-refractivity contribution in [1.29, 1.82) is 0 Å². The Bertz CT molecular complexity index is 1080. The van der Waals surface area contributed by atoms with Crippen LogP contribution in [0.1, 0.15) is 12.6 Å². The van der Waals surface area contributed by atoms with Crippen molar-refractivity contribution in [1.82, 2.24) is 24.3 Å². The molecule has 1 aliphatic rings. The topological polar surface area (TPSA) is 92.6 Å². The number of rotatable bonds is 10. The first-order valence-corrected chi connectivity index (χ1v) is 12.4. The molecule has 1 aromatic carbocycles. The number of thiazole rings is 1. The van der Waals surface area contributed by atoms with E-state index in [0.717, 1.165) is 50.7 Å². The van der Waals surface area contributed by atoms with Gasteiger partial charge in [-0.25, -0.2) is 9.97 Å². The van der Waals surface area contributed by atoms with E-state index >= 15 is 0 Å². The van der Waals surface area contributed by atoms with Gasteiger partial charge in [0.15, 0.2) is 5.13 Å². The Kier molecular flexibility index (Phi) is 8.40. The monoisotopic (exact) mass is 482 g/mol. The number of imidazole rings is 1. The summed E-state index contributed by atoms with van der Waals surface area (Å²) in [4.78, 5) is 37.4. The Balaban J connectivity index is 1.18. The van der Waals surface area contributed by atoms with Crippen LogP contribution in [0, 0.1) is 0 Å². The molecule has 1 aliphatic heterocycles. The maximum absolute atomic E-state index is 12.4. The highest BCUT2D eigenvalue weighted by Crippen LogP contribution is 2.18. The lowest BCUT2D eigenvalue weighted by Gasteiger charge is -2.34. The molecular formula is C24H30N6O3S. The van der Waals surface area contributed by atoms with Crippen molar-refractivity contribution in [3.63, 3.8) is 0 Å². The Hall–Kier alpha value is -3.08. The van der Waals surface area contributed by atoms with Crippen molar-refractivity contribution in [3.8, 4) is 11.4 Å². The molecule has 3 aromatic rings. The molecule has 1 amide bonds. The Morgan fingerprint density at radius 2 is 1.85 bits per heavy atom. The molecule has 0 aliphatic carbocycles. The first-order chi connectivity index (χ1) is 16.6. The minimum Gasteiger partial charge on any atom is -0.466 e. The highest BCUT2D eigenvalue weighted by Gasteiger charge is 2.20. The van der Waals surface area contributed by atoms with Crippen molar-refractivity contribution in [2.24, 2.45) is 0 Å². The fourth-order valence-corrected chi connectivity index (χ4v) is 4.65. The average Bonchev–Trinajstić information content (AvgIpc) is 3.48. The number of hydrogen-bond donors (Lipinski definition) is 1. The minimum atomic E-state index is -0.312. The summed E-state index contributed by atoms with van der Waals surface area (Å²) in [6.45, 7) is 7.79. The highest BCUT2D eigenvalue weighted by atomic mass is 32.1. The molecule has 1 fully saturated rings. The Labute approximate surface area is 203 Å². The van der Waals surface area contributed by atoms with E-state index < -0.39 is 0 Å². The third kappa shape index (κ3) is 6.72. The number of ether oxygens (including phenoxy) is 1. The molecule has 4 rings (SSSR count). The van der Waals surface area contributed by atoms with Gasteiger partial charge in [0.2, 0.25) is 5.91 Å². The lowest BCUT2D eigenvalue weighted by molar-refractivity contribution is -0.142. The molecule has 0 radical (unpaired) electrons. The third-order valence-corrected chi connectivity index (χ3v) is 6.47. The predicted molar refractivity (Wildman–Crippen MR) is 132 cm³/mol. The largest absolute Gasteiger partial charge is 0.466 e. The van der Waals surface area contributed by atoms with Gasteiger partial charge in [0.05, 0.1) is 25.3 Å². The summed E-state index contributed by atoms with van der Waals surface area (Å²) < 4.78 is 7.13. The van der Waals surface area contributed by atoms with Crippen LogP contribution in [0.25, 0.3) is 11.4 Å². The summed E-state index contributed by atoms with van der Waals surface area (Å²) in [5.41, 5.74) is 1.73. The van der Waals surface area contributed by atoms with Crippen molar-refractivity contribution in [3.05, 3.63) is 53.8 Å². The van der Waals surface area contributed by atoms with E-state index in [0.29, 0.717) is 24.0 Å². The molecule has 180 valence electrons. The molecule has 9 nitrogen and oxygen atoms in total. The number of amides is 1. The van der Waals surface area contributed by atoms with Gasteiger partial charge in [-0.05, 0) is 6.92 Å². The number of aromatic nitrogens is 3. The summed E-state index contributed by atoms with van der Waals surface area (Å²) in [6.07, 6.45) is 3.99. The second kappa shape index (κ2) is 11.9. The van der Waals surface area contributed by atoms with Crippen LogP contribution in [0.4, 0.5) is 5.13 Å². The lowest BCUT2D eigenvalue weighted by Crippen LogP contribution is -2.49. The second-order valence-corrected chi connectivity index (χ2v) is 8.96. The fourth-order valence-electron chi connectivity index (χ4n) is 3.92. The van der Waals surface area contributed by atoms with Crippen molar-refractivity contribution < 1.29 is 14.3 Å². The summed E-state index contributed by atoms with van der Waals surface area (Å²) in [5, 5.41) is 5.13. The smallest absolute Gasteiger partial charge is 0.311 e. The lowest BCUT2D eigenvalue weighted by atomic mass is 10.2. The molecule has 0 atom stereocenters. The zero-order valence-electron chi connectivity index (χ0n) is 19.4. The van der Waals surface area contributed by atoms with E-state index in [1.165, 1.54) is 11.3 Å². The summed E-state index contributed by atoms with van der Waals surface area (Å²) in [6, 6.07) is 10.2. The summed E-state index contributed by atoms with van der Waals surface area (Å²) in [5.74, 6) is 0.591. The molecule has 0 saturated carbocycles. The van der Waals surface area contributed by atoms with Crippen LogP contribution < -0.4 is 5.32 Å². The van der Waals surface area contributed by atoms with Crippen LogP contribution in [0.2, 0.25) is 0 Å². The van der Waals surface area contributed by atoms with Crippen LogP contribution in [0.3, 0.4) is 0 Å². The normalized spacial score (nSPS) is 14.7. The molecule has 2 aromatic heterocycles. The number of anilines is 1. The van der Waals surface area contributed by atoms with Crippen LogP contribution in [-0.2, 0) is 27.3 Å². The number of benzene rings is 1. The number of nitrogens with one attached hydrogen (secondary N) is 1. The first-order valence-electron chi connectivity index (χ1n) is 11.5. The summed E-state index contributed by atoms with van der Waals surface area (Å²) >= 11 is 1.32. The van der Waals surface area contributed by atoms with Crippen molar-refractivity contribution in [2.45, 2.75) is 19.9 Å². The molecule has 1 saturated heterocycles. The molecule has 1 N–H and O–H groups in total. The molecule has 0 bridgehead atoms. The first kappa shape index (κ1) is 24.1. The molecule has 34 heavy (non-hydrogen) atoms. The molecule has 0 spiro atoms. The maximum Gasteiger partial charge on any atom is 0.311 e. The van der Waals surface area contributed by atoms with Gasteiger partial charge in [-0.1, -0.05) is 30.3 Å². The molecule has 3 heterocycles. The Morgan fingerprint density at radius 1 is 1.09 bits per heavy atom. The van der Waals surface area contributed by atoms with Gasteiger partial charge in [0, 0.05) is 62.6 Å². The number of hydrogen-bond acceptors (Lipinski definition) is 8. The number of nitrogens with zero attached hydrogens (tertiary/aromatic N) is 5. The predicted octanol–water partition coefficient (Wildman–Crippen LogP) is 2.37. The van der Waals surface area contributed by atoms with Gasteiger partial charge < -0.3 is 14.6 Å². The van der Waals surface area contributed by atoms with E-state index in [2.05, 4.69) is 41.8 Å². The number of carbonyl (C=O) groups excluding carboxylic acids is 2. The molecular weight excluding hydrogens is 452 g/mol. The maximum atomic E-state index is 12.4. The standard InChI is InChI=1S/C24H30N6O3S/c1-2-33-22(32)16-20-18-34-24(26-20)27-21(31)17-29-12-10-28(11-13-29)14-15-30-9-8-25-23(30)19-6-4-3-5-7-19/h3-9,18H,2,10-17H2,1H3,(H,26,27,31). The van der Waals surface area contributed by atoms with Gasteiger partial charge in [0.1, 0.15) is 5.82 Å². The van der Waals surface area contributed by atoms with Crippen LogP contribution in [0.15, 0.2) is 48.1 Å². The van der Waals surface area contributed by atoms with E-state index in [1.54, 1.807) is 12.3 Å². The van der Waals surface area contributed by atoms with Crippen molar-refractivity contribution in [2.75, 3.05) is 51.2 Å². The quantitative estimate of drug-likeness (QED) is 0.444. The van der Waals surface area contributed by atoms with Gasteiger partial charge in [-0.3, -0.25) is 19.4 Å². The van der Waals surface area contributed by atoms with E-state index in [9.17, 15) is 9.59 Å². The van der Waals surface area contributed by atoms with E-state index in [4.69, 9.17) is 4.74 Å². The number of carbonyl (C=O) groups is 2. The highest BCUT2D eigenvalue weighted by molar-refractivity contribution is 7.13. The van der Waals surface area contributed by atoms with E-state index in [-0.39, 0.29) is 18.3 Å². The fraction of sp³-hybridized carbons (Fsp3) is 0.417. The molecule has 0 unspecified atom stereocenters. The number of piperazine rings is 1. The van der Waals surface area contributed by atoms with Gasteiger partial charge in [-0.2, -0.15) is 0 Å². The third-order valence-electron chi connectivity index (χ3n) is 5.67. The van der Waals surface area contributed by atoms with Gasteiger partial charge in [-0.15, -0.1) is 11.3 Å². The molecule has 10 heteroatoms.